The Morgan fingerprint density at radius 3 is 2.67 bits per heavy atom. The minimum atomic E-state index is -4.28. The minimum Gasteiger partial charge on any atom is -0.493 e. The number of nitrogen functional groups attached to an aromatic ring is 1. The molecule has 33 heavy (non-hydrogen) atoms. The number of rotatable bonds is 1. The fourth-order valence-corrected chi connectivity index (χ4v) is 3.42. The molecule has 7 nitrogen and oxygen atoms in total. The average molecular weight is 459 g/mol. The molecule has 0 bridgehead atoms. The van der Waals surface area contributed by atoms with Crippen molar-refractivity contribution in [2.24, 2.45) is 0 Å². The van der Waals surface area contributed by atoms with Crippen LogP contribution in [-0.2, 0) is 12.6 Å². The van der Waals surface area contributed by atoms with Gasteiger partial charge in [0.1, 0.15) is 17.6 Å². The molecule has 2 aromatic carbocycles. The van der Waals surface area contributed by atoms with Gasteiger partial charge in [-0.05, 0) is 35.9 Å². The van der Waals surface area contributed by atoms with Crippen LogP contribution in [-0.4, -0.2) is 39.6 Å². The highest BCUT2D eigenvalue weighted by Crippen LogP contribution is 2.35. The Bertz CT molecular complexity index is 1360. The van der Waals surface area contributed by atoms with Crippen LogP contribution >= 0.6 is 0 Å². The molecule has 0 unspecified atom stereocenters. The molecule has 1 aliphatic heterocycles. The van der Waals surface area contributed by atoms with Crippen molar-refractivity contribution in [3.8, 4) is 5.75 Å². The Morgan fingerprint density at radius 2 is 1.94 bits per heavy atom. The molecule has 0 fully saturated rings. The number of hydrogen-bond acceptors (Lipinski definition) is 6. The fourth-order valence-electron chi connectivity index (χ4n) is 3.42. The van der Waals surface area contributed by atoms with Crippen molar-refractivity contribution in [3.63, 3.8) is 0 Å². The summed E-state index contributed by atoms with van der Waals surface area (Å²) >= 11 is 0. The van der Waals surface area contributed by atoms with Gasteiger partial charge in [-0.15, -0.1) is 0 Å². The lowest BCUT2D eigenvalue weighted by atomic mass is 10.1. The molecule has 2 aromatic heterocycles. The number of carbonyl (C=O) groups is 1. The van der Waals surface area contributed by atoms with Crippen LogP contribution in [0.1, 0.15) is 21.5 Å². The van der Waals surface area contributed by atoms with Gasteiger partial charge < -0.3 is 10.5 Å². The van der Waals surface area contributed by atoms with Crippen LogP contribution in [0.5, 0.6) is 5.75 Å². The third-order valence-corrected chi connectivity index (χ3v) is 5.03. The van der Waals surface area contributed by atoms with E-state index in [0.29, 0.717) is 40.6 Å². The van der Waals surface area contributed by atoms with Crippen LogP contribution in [0.2, 0.25) is 0 Å². The van der Waals surface area contributed by atoms with Gasteiger partial charge in [0, 0.05) is 36.0 Å². The van der Waals surface area contributed by atoms with E-state index in [2.05, 4.69) is 15.0 Å². The van der Waals surface area contributed by atoms with Gasteiger partial charge in [0.25, 0.3) is 5.91 Å². The average Bonchev–Trinajstić information content (AvgIpc) is 3.26. The molecule has 0 spiro atoms. The van der Waals surface area contributed by atoms with Crippen LogP contribution in [0.15, 0.2) is 48.9 Å². The van der Waals surface area contributed by atoms with Gasteiger partial charge in [0.2, 0.25) is 0 Å². The van der Waals surface area contributed by atoms with Crippen LogP contribution < -0.4 is 10.5 Å². The summed E-state index contributed by atoms with van der Waals surface area (Å²) in [6, 6.07) is 8.31. The molecule has 4 aromatic rings. The number of ether oxygens (including phenoxy) is 1. The largest absolute Gasteiger partial charge is 0.493 e. The Kier molecular flexibility index (Phi) is 5.71. The molecule has 0 saturated carbocycles. The second-order valence-electron chi connectivity index (χ2n) is 7.22. The Morgan fingerprint density at radius 1 is 1.15 bits per heavy atom. The van der Waals surface area contributed by atoms with Crippen LogP contribution in [0.25, 0.3) is 21.8 Å². The highest BCUT2D eigenvalue weighted by Gasteiger charge is 2.31. The van der Waals surface area contributed by atoms with Crippen LogP contribution in [0, 0.1) is 0 Å². The quantitative estimate of drug-likeness (QED) is 0.258. The predicted octanol–water partition coefficient (Wildman–Crippen LogP) is 4.36. The van der Waals surface area contributed by atoms with Crippen molar-refractivity contribution in [3.05, 3.63) is 65.6 Å². The summed E-state index contributed by atoms with van der Waals surface area (Å²) in [7, 11) is 1.05. The summed E-state index contributed by atoms with van der Waals surface area (Å²) < 4.78 is 54.6. The summed E-state index contributed by atoms with van der Waals surface area (Å²) in [4.78, 5) is 23.9. The summed E-state index contributed by atoms with van der Waals surface area (Å²) in [6.07, 6.45) is -0.610. The molecule has 1 aliphatic rings. The fraction of sp³-hybridized carbons (Fsp3) is 0.182. The maximum Gasteiger partial charge on any atom is 0.416 e. The van der Waals surface area contributed by atoms with Crippen molar-refractivity contribution in [1.29, 1.82) is 0 Å². The molecule has 0 saturated heterocycles. The van der Waals surface area contributed by atoms with E-state index in [0.717, 1.165) is 24.7 Å². The third kappa shape index (κ3) is 4.47. The van der Waals surface area contributed by atoms with Crippen molar-refractivity contribution in [1.82, 2.24) is 20.1 Å². The second-order valence-corrected chi connectivity index (χ2v) is 7.22. The molecular formula is C22H17F4N5O2. The van der Waals surface area contributed by atoms with Gasteiger partial charge in [0.05, 0.1) is 17.7 Å². The molecule has 0 atom stereocenters. The lowest BCUT2D eigenvalue weighted by molar-refractivity contribution is -0.137. The highest BCUT2D eigenvalue weighted by atomic mass is 19.4. The van der Waals surface area contributed by atoms with Crippen molar-refractivity contribution in [2.45, 2.75) is 12.6 Å². The number of fused-ring (bicyclic) bond motifs is 4. The molecule has 0 aliphatic carbocycles. The number of anilines is 1. The zero-order valence-electron chi connectivity index (χ0n) is 17.2. The zero-order valence-corrected chi connectivity index (χ0v) is 17.2. The Labute approximate surface area is 184 Å². The van der Waals surface area contributed by atoms with Gasteiger partial charge in [-0.1, -0.05) is 10.5 Å². The van der Waals surface area contributed by atoms with Gasteiger partial charge >= 0.3 is 6.18 Å². The van der Waals surface area contributed by atoms with Gasteiger partial charge in [0.15, 0.2) is 5.82 Å². The molecule has 0 radical (unpaired) electrons. The zero-order chi connectivity index (χ0) is 23.8. The molecule has 5 rings (SSSR count). The molecule has 3 heterocycles. The van der Waals surface area contributed by atoms with Gasteiger partial charge in [-0.2, -0.15) is 18.3 Å². The van der Waals surface area contributed by atoms with E-state index in [9.17, 15) is 22.4 Å². The standard InChI is InChI=1S/C13H10FN5O.C9H7F3O/c1-19(14)13(20)7-2-3-10-8(4-7)9-5-16-6-17-11(9)12(15)18-10;10-9(11,12)7-2-1-6-3-4-13-8(6)5-7/h2-6H,1H3,(H2,15,18);1-2,5H,3-4H2. The van der Waals surface area contributed by atoms with E-state index in [1.54, 1.807) is 18.3 Å². The lowest BCUT2D eigenvalue weighted by Crippen LogP contribution is -2.17. The number of nitrogens with zero attached hydrogens (tertiary/aromatic N) is 4. The number of pyridine rings is 1. The molecular weight excluding hydrogens is 442 g/mol. The monoisotopic (exact) mass is 459 g/mol. The third-order valence-electron chi connectivity index (χ3n) is 5.03. The Balaban J connectivity index is 0.000000172. The minimum absolute atomic E-state index is 0.0323. The smallest absolute Gasteiger partial charge is 0.416 e. The van der Waals surface area contributed by atoms with Crippen molar-refractivity contribution < 1.29 is 27.2 Å². The number of amides is 1. The summed E-state index contributed by atoms with van der Waals surface area (Å²) in [5, 5.41) is 1.36. The molecule has 1 amide bonds. The SMILES string of the molecule is CN(F)C(=O)c1ccc2nc(N)c3ncncc3c2c1.FC(F)(F)c1ccc2c(c1)OCC2. The maximum atomic E-state index is 13.0. The number of alkyl halides is 3. The van der Waals surface area contributed by atoms with Gasteiger partial charge in [-0.3, -0.25) is 4.79 Å². The first-order valence-corrected chi connectivity index (χ1v) is 9.71. The maximum absolute atomic E-state index is 13.0. The highest BCUT2D eigenvalue weighted by molar-refractivity contribution is 6.09. The molecule has 2 N–H and O–H groups in total. The van der Waals surface area contributed by atoms with E-state index in [4.69, 9.17) is 10.5 Å². The van der Waals surface area contributed by atoms with E-state index in [1.165, 1.54) is 18.5 Å². The van der Waals surface area contributed by atoms with Crippen LogP contribution in [0.3, 0.4) is 0 Å². The number of benzene rings is 2. The first kappa shape index (κ1) is 22.2. The number of halogens is 4. The normalized spacial score (nSPS) is 12.6. The first-order chi connectivity index (χ1) is 15.6. The van der Waals surface area contributed by atoms with E-state index in [-0.39, 0.29) is 16.5 Å². The van der Waals surface area contributed by atoms with Gasteiger partial charge in [-0.25, -0.2) is 15.0 Å². The summed E-state index contributed by atoms with van der Waals surface area (Å²) in [5.74, 6) is -0.0693. The van der Waals surface area contributed by atoms with Crippen LogP contribution in [0.4, 0.5) is 23.5 Å². The van der Waals surface area contributed by atoms with E-state index < -0.39 is 17.6 Å². The Hall–Kier alpha value is -4.02. The number of aromatic nitrogens is 3. The predicted molar refractivity (Wildman–Crippen MR) is 113 cm³/mol. The molecule has 11 heteroatoms. The van der Waals surface area contributed by atoms with E-state index >= 15 is 0 Å². The second kappa shape index (κ2) is 8.49. The van der Waals surface area contributed by atoms with Crippen molar-refractivity contribution in [2.75, 3.05) is 19.4 Å². The number of carbonyl (C=O) groups excluding carboxylic acids is 1. The summed E-state index contributed by atoms with van der Waals surface area (Å²) in [5.41, 5.74) is 7.37. The number of hydrogen-bond donors (Lipinski definition) is 1. The first-order valence-electron chi connectivity index (χ1n) is 9.71. The number of nitrogens with two attached hydrogens (primary N) is 1. The van der Waals surface area contributed by atoms with Crippen molar-refractivity contribution >= 4 is 33.5 Å². The summed E-state index contributed by atoms with van der Waals surface area (Å²) in [6.45, 7) is 0.483. The van der Waals surface area contributed by atoms with E-state index in [1.807, 2.05) is 0 Å². The lowest BCUT2D eigenvalue weighted by Gasteiger charge is -2.08. The topological polar surface area (TPSA) is 94.2 Å². The molecule has 170 valence electrons.